The molecule has 2 bridgehead atoms. The van der Waals surface area contributed by atoms with Crippen LogP contribution in [-0.4, -0.2) is 6.10 Å². The molecule has 0 fully saturated rings. The Morgan fingerprint density at radius 2 is 2.25 bits per heavy atom. The molecule has 1 nitrogen and oxygen atoms in total. The maximum atomic E-state index is 5.20. The molecule has 2 atom stereocenters. The van der Waals surface area contributed by atoms with Crippen LogP contribution in [0.4, 0.5) is 0 Å². The number of hydrogen-bond acceptors (Lipinski definition) is 1. The third-order valence-corrected chi connectivity index (χ3v) is 1.66. The Morgan fingerprint density at radius 1 is 1.25 bits per heavy atom. The van der Waals surface area contributed by atoms with Gasteiger partial charge in [-0.15, -0.1) is 0 Å². The highest BCUT2D eigenvalue weighted by Crippen LogP contribution is 2.25. The number of rotatable bonds is 0. The third kappa shape index (κ3) is 0.474. The van der Waals surface area contributed by atoms with Crippen LogP contribution in [0.1, 0.15) is 6.42 Å². The molecule has 42 valence electrons. The molecular formula is C7H8O. The molecule has 1 aliphatic carbocycles. The first-order valence-corrected chi connectivity index (χ1v) is 2.95. The third-order valence-electron chi connectivity index (χ3n) is 1.66. The molecule has 2 unspecified atom stereocenters. The lowest BCUT2D eigenvalue weighted by molar-refractivity contribution is 0.165. The van der Waals surface area contributed by atoms with Crippen LogP contribution in [0.25, 0.3) is 0 Å². The van der Waals surface area contributed by atoms with Crippen molar-refractivity contribution in [3.05, 3.63) is 24.5 Å². The van der Waals surface area contributed by atoms with Crippen molar-refractivity contribution in [2.24, 2.45) is 5.92 Å². The number of ether oxygens (including phenoxy) is 1. The molecule has 0 radical (unpaired) electrons. The fraction of sp³-hybridized carbons (Fsp3) is 0.429. The van der Waals surface area contributed by atoms with Gasteiger partial charge >= 0.3 is 0 Å². The van der Waals surface area contributed by atoms with Crippen molar-refractivity contribution in [1.29, 1.82) is 0 Å². The molecule has 1 heterocycles. The summed E-state index contributed by atoms with van der Waals surface area (Å²) in [4.78, 5) is 0. The Bertz CT molecular complexity index is 144. The van der Waals surface area contributed by atoms with Crippen molar-refractivity contribution in [1.82, 2.24) is 0 Å². The van der Waals surface area contributed by atoms with Crippen LogP contribution < -0.4 is 0 Å². The lowest BCUT2D eigenvalue weighted by Crippen LogP contribution is -2.07. The summed E-state index contributed by atoms with van der Waals surface area (Å²) in [6.45, 7) is 0. The quantitative estimate of drug-likeness (QED) is 0.427. The van der Waals surface area contributed by atoms with E-state index in [1.807, 2.05) is 0 Å². The molecule has 0 saturated carbocycles. The molecule has 0 N–H and O–H groups in total. The first-order chi connectivity index (χ1) is 3.95. The van der Waals surface area contributed by atoms with Gasteiger partial charge in [0.15, 0.2) is 0 Å². The van der Waals surface area contributed by atoms with Gasteiger partial charge in [0.25, 0.3) is 0 Å². The van der Waals surface area contributed by atoms with Gasteiger partial charge in [-0.25, -0.2) is 0 Å². The molecule has 0 aromatic rings. The van der Waals surface area contributed by atoms with Gasteiger partial charge in [-0.1, -0.05) is 6.08 Å². The molecule has 2 aliphatic rings. The van der Waals surface area contributed by atoms with Crippen LogP contribution in [-0.2, 0) is 4.74 Å². The maximum absolute atomic E-state index is 5.20. The summed E-state index contributed by atoms with van der Waals surface area (Å²) < 4.78 is 5.20. The van der Waals surface area contributed by atoms with Crippen molar-refractivity contribution in [2.75, 3.05) is 0 Å². The molecular weight excluding hydrogens is 100 g/mol. The number of fused-ring (bicyclic) bond motifs is 2. The molecule has 0 aromatic heterocycles. The summed E-state index contributed by atoms with van der Waals surface area (Å²) in [6, 6.07) is 0. The van der Waals surface area contributed by atoms with Gasteiger partial charge < -0.3 is 4.74 Å². The van der Waals surface area contributed by atoms with E-state index in [1.165, 1.54) is 0 Å². The zero-order valence-corrected chi connectivity index (χ0v) is 4.58. The average molecular weight is 108 g/mol. The second-order valence-electron chi connectivity index (χ2n) is 2.29. The summed E-state index contributed by atoms with van der Waals surface area (Å²) in [7, 11) is 0. The topological polar surface area (TPSA) is 9.23 Å². The van der Waals surface area contributed by atoms with E-state index in [-0.39, 0.29) is 0 Å². The minimum Gasteiger partial charge on any atom is -0.494 e. The van der Waals surface area contributed by atoms with E-state index in [9.17, 15) is 0 Å². The largest absolute Gasteiger partial charge is 0.494 e. The first kappa shape index (κ1) is 4.19. The summed E-state index contributed by atoms with van der Waals surface area (Å²) in [5, 5.41) is 0. The fourth-order valence-electron chi connectivity index (χ4n) is 1.18. The van der Waals surface area contributed by atoms with Crippen LogP contribution in [0.3, 0.4) is 0 Å². The molecule has 8 heavy (non-hydrogen) atoms. The average Bonchev–Trinajstić information content (AvgIpc) is 2.12. The lowest BCUT2D eigenvalue weighted by Gasteiger charge is -2.13. The highest BCUT2D eigenvalue weighted by Gasteiger charge is 2.19. The van der Waals surface area contributed by atoms with Crippen molar-refractivity contribution in [3.8, 4) is 0 Å². The monoisotopic (exact) mass is 108 g/mol. The standard InChI is InChI=1S/C7H8O/c1-2-7-5-6(1)3-4-8-7/h1-4,6-7H,5H2. The highest BCUT2D eigenvalue weighted by molar-refractivity contribution is 5.13. The molecule has 2 rings (SSSR count). The predicted molar refractivity (Wildman–Crippen MR) is 31.3 cm³/mol. The summed E-state index contributed by atoms with van der Waals surface area (Å²) in [6.07, 6.45) is 9.79. The van der Waals surface area contributed by atoms with E-state index in [0.29, 0.717) is 12.0 Å². The van der Waals surface area contributed by atoms with Gasteiger partial charge in [0, 0.05) is 5.92 Å². The Morgan fingerprint density at radius 3 is 3.00 bits per heavy atom. The minimum absolute atomic E-state index is 0.394. The van der Waals surface area contributed by atoms with Crippen LogP contribution in [0.15, 0.2) is 24.5 Å². The lowest BCUT2D eigenvalue weighted by atomic mass is 10.1. The Balaban J connectivity index is 2.28. The predicted octanol–water partition coefficient (Wildman–Crippen LogP) is 1.47. The molecule has 0 saturated heterocycles. The Labute approximate surface area is 48.7 Å². The normalized spacial score (nSPS) is 40.0. The second-order valence-corrected chi connectivity index (χ2v) is 2.29. The van der Waals surface area contributed by atoms with Crippen molar-refractivity contribution >= 4 is 0 Å². The second kappa shape index (κ2) is 1.38. The van der Waals surface area contributed by atoms with Gasteiger partial charge in [-0.3, -0.25) is 0 Å². The van der Waals surface area contributed by atoms with E-state index in [2.05, 4.69) is 18.2 Å². The summed E-state index contributed by atoms with van der Waals surface area (Å²) >= 11 is 0. The maximum Gasteiger partial charge on any atom is 0.117 e. The van der Waals surface area contributed by atoms with Crippen molar-refractivity contribution in [2.45, 2.75) is 12.5 Å². The number of hydrogen-bond donors (Lipinski definition) is 0. The first-order valence-electron chi connectivity index (χ1n) is 2.95. The van der Waals surface area contributed by atoms with E-state index >= 15 is 0 Å². The fourth-order valence-corrected chi connectivity index (χ4v) is 1.18. The van der Waals surface area contributed by atoms with Gasteiger partial charge in [-0.2, -0.15) is 0 Å². The van der Waals surface area contributed by atoms with Gasteiger partial charge in [0.1, 0.15) is 6.10 Å². The molecule has 0 amide bonds. The van der Waals surface area contributed by atoms with E-state index in [0.717, 1.165) is 6.42 Å². The minimum atomic E-state index is 0.394. The molecule has 0 aromatic carbocycles. The van der Waals surface area contributed by atoms with Crippen molar-refractivity contribution in [3.63, 3.8) is 0 Å². The Hall–Kier alpha value is -0.720. The van der Waals surface area contributed by atoms with Crippen LogP contribution in [0.2, 0.25) is 0 Å². The van der Waals surface area contributed by atoms with Gasteiger partial charge in [0.2, 0.25) is 0 Å². The van der Waals surface area contributed by atoms with E-state index in [1.54, 1.807) is 6.26 Å². The Kier molecular flexibility index (Phi) is 0.720. The zero-order chi connectivity index (χ0) is 5.40. The van der Waals surface area contributed by atoms with Gasteiger partial charge in [-0.05, 0) is 18.6 Å². The molecule has 0 spiro atoms. The van der Waals surface area contributed by atoms with Crippen molar-refractivity contribution < 1.29 is 4.74 Å². The molecule has 1 aliphatic heterocycles. The summed E-state index contributed by atoms with van der Waals surface area (Å²) in [5.41, 5.74) is 0. The number of allylic oxidation sites excluding steroid dienone is 2. The van der Waals surface area contributed by atoms with Crippen LogP contribution in [0, 0.1) is 5.92 Å². The SMILES string of the molecule is C1=CC2C=CC(C2)O1. The smallest absolute Gasteiger partial charge is 0.117 e. The van der Waals surface area contributed by atoms with Gasteiger partial charge in [0.05, 0.1) is 6.26 Å². The van der Waals surface area contributed by atoms with Crippen LogP contribution >= 0.6 is 0 Å². The van der Waals surface area contributed by atoms with Crippen LogP contribution in [0.5, 0.6) is 0 Å². The van der Waals surface area contributed by atoms with E-state index < -0.39 is 0 Å². The summed E-state index contributed by atoms with van der Waals surface area (Å²) in [5.74, 6) is 0.675. The van der Waals surface area contributed by atoms with E-state index in [4.69, 9.17) is 4.74 Å². The zero-order valence-electron chi connectivity index (χ0n) is 4.58. The molecule has 1 heteroatoms. The highest BCUT2D eigenvalue weighted by atomic mass is 16.5.